The van der Waals surface area contributed by atoms with Crippen LogP contribution in [0.3, 0.4) is 0 Å². The third kappa shape index (κ3) is 2.27. The Balaban J connectivity index is 2.07. The number of hydrogen-bond donors (Lipinski definition) is 1. The molecule has 0 atom stereocenters. The molecule has 1 N–H and O–H groups in total. The first-order chi connectivity index (χ1) is 7.66. The van der Waals surface area contributed by atoms with Crippen LogP contribution in [0.2, 0.25) is 0 Å². The fraction of sp³-hybridized carbons (Fsp3) is 0.300. The number of carbonyl (C=O) groups is 1. The average Bonchev–Trinajstić information content (AvgIpc) is 2.87. The summed E-state index contributed by atoms with van der Waals surface area (Å²) < 4.78 is 1.37. The molecule has 0 aliphatic carbocycles. The largest absolute Gasteiger partial charge is 0.333 e. The Morgan fingerprint density at radius 1 is 1.56 bits per heavy atom. The molecule has 2 aromatic heterocycles. The second kappa shape index (κ2) is 4.44. The van der Waals surface area contributed by atoms with E-state index in [0.717, 1.165) is 5.69 Å². The normalized spacial score (nSPS) is 10.7. The summed E-state index contributed by atoms with van der Waals surface area (Å²) in [6.45, 7) is 4.13. The van der Waals surface area contributed by atoms with Crippen molar-refractivity contribution in [1.82, 2.24) is 14.5 Å². The Bertz CT molecular complexity index is 475. The standard InChI is InChI=1S/C10H12N4OS/c1-7(2)8-5-16-9(12-8)13-10(15)14-4-3-11-6-14/h3-7H,1-2H3,(H,12,13,15). The van der Waals surface area contributed by atoms with Gasteiger partial charge in [-0.1, -0.05) is 13.8 Å². The highest BCUT2D eigenvalue weighted by molar-refractivity contribution is 7.13. The minimum Gasteiger partial charge on any atom is -0.283 e. The van der Waals surface area contributed by atoms with Gasteiger partial charge in [0.1, 0.15) is 6.33 Å². The van der Waals surface area contributed by atoms with Crippen molar-refractivity contribution in [3.8, 4) is 0 Å². The number of amides is 1. The molecule has 1 amide bonds. The first kappa shape index (κ1) is 10.8. The maximum Gasteiger partial charge on any atom is 0.333 e. The zero-order valence-corrected chi connectivity index (χ0v) is 9.86. The summed E-state index contributed by atoms with van der Waals surface area (Å²) in [7, 11) is 0. The molecule has 0 radical (unpaired) electrons. The predicted octanol–water partition coefficient (Wildman–Crippen LogP) is 2.54. The number of nitrogens with one attached hydrogen (secondary N) is 1. The van der Waals surface area contributed by atoms with E-state index in [1.165, 1.54) is 22.2 Å². The highest BCUT2D eigenvalue weighted by Gasteiger charge is 2.09. The highest BCUT2D eigenvalue weighted by atomic mass is 32.1. The Morgan fingerprint density at radius 2 is 2.38 bits per heavy atom. The van der Waals surface area contributed by atoms with E-state index in [1.807, 2.05) is 5.38 Å². The fourth-order valence-corrected chi connectivity index (χ4v) is 2.01. The van der Waals surface area contributed by atoms with Crippen molar-refractivity contribution in [2.45, 2.75) is 19.8 Å². The van der Waals surface area contributed by atoms with Crippen molar-refractivity contribution in [3.05, 3.63) is 29.8 Å². The van der Waals surface area contributed by atoms with Gasteiger partial charge in [0, 0.05) is 17.8 Å². The van der Waals surface area contributed by atoms with Crippen LogP contribution >= 0.6 is 11.3 Å². The van der Waals surface area contributed by atoms with Crippen molar-refractivity contribution >= 4 is 22.5 Å². The third-order valence-electron chi connectivity index (χ3n) is 2.07. The van der Waals surface area contributed by atoms with E-state index in [0.29, 0.717) is 11.0 Å². The summed E-state index contributed by atoms with van der Waals surface area (Å²) in [4.78, 5) is 19.7. The maximum atomic E-state index is 11.6. The second-order valence-corrected chi connectivity index (χ2v) is 4.49. The Labute approximate surface area is 97.2 Å². The van der Waals surface area contributed by atoms with Crippen LogP contribution < -0.4 is 5.32 Å². The van der Waals surface area contributed by atoms with Gasteiger partial charge in [0.15, 0.2) is 5.13 Å². The van der Waals surface area contributed by atoms with Crippen molar-refractivity contribution in [2.75, 3.05) is 5.32 Å². The summed E-state index contributed by atoms with van der Waals surface area (Å²) >= 11 is 1.43. The number of hydrogen-bond acceptors (Lipinski definition) is 4. The van der Waals surface area contributed by atoms with Gasteiger partial charge in [-0.2, -0.15) is 0 Å². The molecule has 0 saturated carbocycles. The SMILES string of the molecule is CC(C)c1csc(NC(=O)n2ccnc2)n1. The molecule has 0 aliphatic heterocycles. The number of thiazole rings is 1. The molecule has 84 valence electrons. The lowest BCUT2D eigenvalue weighted by Crippen LogP contribution is -2.17. The second-order valence-electron chi connectivity index (χ2n) is 3.63. The zero-order chi connectivity index (χ0) is 11.5. The van der Waals surface area contributed by atoms with Crippen LogP contribution in [0.5, 0.6) is 0 Å². The van der Waals surface area contributed by atoms with Gasteiger partial charge in [-0.25, -0.2) is 14.8 Å². The summed E-state index contributed by atoms with van der Waals surface area (Å²) in [6.07, 6.45) is 4.60. The number of aromatic nitrogens is 3. The van der Waals surface area contributed by atoms with E-state index in [-0.39, 0.29) is 6.03 Å². The molecule has 16 heavy (non-hydrogen) atoms. The Kier molecular flexibility index (Phi) is 3.00. The van der Waals surface area contributed by atoms with E-state index in [1.54, 1.807) is 12.4 Å². The van der Waals surface area contributed by atoms with Crippen molar-refractivity contribution in [3.63, 3.8) is 0 Å². The van der Waals surface area contributed by atoms with Gasteiger partial charge in [-0.3, -0.25) is 9.88 Å². The van der Waals surface area contributed by atoms with Gasteiger partial charge < -0.3 is 0 Å². The molecule has 0 fully saturated rings. The first-order valence-electron chi connectivity index (χ1n) is 4.91. The smallest absolute Gasteiger partial charge is 0.283 e. The molecule has 0 spiro atoms. The van der Waals surface area contributed by atoms with E-state index >= 15 is 0 Å². The van der Waals surface area contributed by atoms with Crippen LogP contribution in [-0.4, -0.2) is 20.6 Å². The average molecular weight is 236 g/mol. The Morgan fingerprint density at radius 3 is 2.94 bits per heavy atom. The lowest BCUT2D eigenvalue weighted by atomic mass is 10.2. The molecule has 0 bridgehead atoms. The lowest BCUT2D eigenvalue weighted by molar-refractivity contribution is 0.253. The predicted molar refractivity (Wildman–Crippen MR) is 62.8 cm³/mol. The molecule has 6 heteroatoms. The molecule has 2 heterocycles. The highest BCUT2D eigenvalue weighted by Crippen LogP contribution is 2.21. The zero-order valence-electron chi connectivity index (χ0n) is 9.04. The van der Waals surface area contributed by atoms with Gasteiger partial charge in [-0.05, 0) is 5.92 Å². The monoisotopic (exact) mass is 236 g/mol. The minimum absolute atomic E-state index is 0.248. The maximum absolute atomic E-state index is 11.6. The molecule has 0 unspecified atom stereocenters. The first-order valence-corrected chi connectivity index (χ1v) is 5.79. The van der Waals surface area contributed by atoms with Crippen LogP contribution in [0.15, 0.2) is 24.1 Å². The van der Waals surface area contributed by atoms with Crippen molar-refractivity contribution in [2.24, 2.45) is 0 Å². The van der Waals surface area contributed by atoms with Crippen LogP contribution in [-0.2, 0) is 0 Å². The number of carbonyl (C=O) groups excluding carboxylic acids is 1. The van der Waals surface area contributed by atoms with E-state index in [4.69, 9.17) is 0 Å². The number of nitrogens with zero attached hydrogens (tertiary/aromatic N) is 3. The van der Waals surface area contributed by atoms with Crippen molar-refractivity contribution in [1.29, 1.82) is 0 Å². The van der Waals surface area contributed by atoms with Gasteiger partial charge in [-0.15, -0.1) is 11.3 Å². The third-order valence-corrected chi connectivity index (χ3v) is 2.84. The van der Waals surface area contributed by atoms with Gasteiger partial charge >= 0.3 is 6.03 Å². The lowest BCUT2D eigenvalue weighted by Gasteiger charge is -2.01. The van der Waals surface area contributed by atoms with E-state index in [2.05, 4.69) is 29.1 Å². The van der Waals surface area contributed by atoms with E-state index in [9.17, 15) is 4.79 Å². The molecular weight excluding hydrogens is 224 g/mol. The molecule has 0 saturated heterocycles. The molecule has 5 nitrogen and oxygen atoms in total. The number of imidazole rings is 1. The number of anilines is 1. The summed E-state index contributed by atoms with van der Waals surface area (Å²) in [5.74, 6) is 0.371. The quantitative estimate of drug-likeness (QED) is 0.871. The topological polar surface area (TPSA) is 59.8 Å². The van der Waals surface area contributed by atoms with E-state index < -0.39 is 0 Å². The Hall–Kier alpha value is -1.69. The molecule has 0 aliphatic rings. The van der Waals surface area contributed by atoms with Crippen molar-refractivity contribution < 1.29 is 4.79 Å². The van der Waals surface area contributed by atoms with Gasteiger partial charge in [0.2, 0.25) is 0 Å². The summed E-state index contributed by atoms with van der Waals surface area (Å²) in [5.41, 5.74) is 0.992. The van der Waals surface area contributed by atoms with Gasteiger partial charge in [0.25, 0.3) is 0 Å². The summed E-state index contributed by atoms with van der Waals surface area (Å²) in [5, 5.41) is 5.28. The summed E-state index contributed by atoms with van der Waals surface area (Å²) in [6, 6.07) is -0.248. The molecule has 2 rings (SSSR count). The van der Waals surface area contributed by atoms with Crippen LogP contribution in [0.4, 0.5) is 9.93 Å². The van der Waals surface area contributed by atoms with Crippen LogP contribution in [0.1, 0.15) is 25.5 Å². The van der Waals surface area contributed by atoms with Gasteiger partial charge in [0.05, 0.1) is 5.69 Å². The molecule has 2 aromatic rings. The fourth-order valence-electron chi connectivity index (χ4n) is 1.14. The minimum atomic E-state index is -0.248. The van der Waals surface area contributed by atoms with Crippen LogP contribution in [0, 0.1) is 0 Å². The molecular formula is C10H12N4OS. The number of rotatable bonds is 2. The van der Waals surface area contributed by atoms with Crippen LogP contribution in [0.25, 0.3) is 0 Å². The molecule has 0 aromatic carbocycles.